The molecule has 0 spiro atoms. The van der Waals surface area contributed by atoms with Crippen LogP contribution in [0.25, 0.3) is 0 Å². The number of hydrogen-bond donors (Lipinski definition) is 1. The zero-order valence-electron chi connectivity index (χ0n) is 12.2. The van der Waals surface area contributed by atoms with Crippen molar-refractivity contribution in [2.45, 2.75) is 57.5 Å². The highest BCUT2D eigenvalue weighted by Crippen LogP contribution is 2.48. The lowest BCUT2D eigenvalue weighted by Crippen LogP contribution is -2.48. The van der Waals surface area contributed by atoms with Gasteiger partial charge in [0, 0.05) is 11.4 Å². The monoisotopic (exact) mass is 292 g/mol. The maximum atomic E-state index is 12.7. The topological polar surface area (TPSA) is 46.3 Å². The van der Waals surface area contributed by atoms with Gasteiger partial charge in [0.15, 0.2) is 0 Å². The van der Waals surface area contributed by atoms with Crippen molar-refractivity contribution in [3.05, 3.63) is 21.9 Å². The summed E-state index contributed by atoms with van der Waals surface area (Å²) in [6.07, 6.45) is 6.48. The highest BCUT2D eigenvalue weighted by molar-refractivity contribution is 7.10. The first-order valence-corrected chi connectivity index (χ1v) is 8.72. The van der Waals surface area contributed by atoms with Crippen molar-refractivity contribution in [2.75, 3.05) is 6.54 Å². The smallest absolute Gasteiger partial charge is 0.240 e. The Balaban J connectivity index is 1.77. The Kier molecular flexibility index (Phi) is 4.13. The minimum atomic E-state index is -0.309. The summed E-state index contributed by atoms with van der Waals surface area (Å²) in [7, 11) is 0. The number of hydrogen-bond acceptors (Lipinski definition) is 3. The summed E-state index contributed by atoms with van der Waals surface area (Å²) in [4.78, 5) is 16.3. The van der Waals surface area contributed by atoms with E-state index in [-0.39, 0.29) is 11.9 Å². The molecule has 1 amide bonds. The van der Waals surface area contributed by atoms with Gasteiger partial charge in [0.25, 0.3) is 0 Å². The van der Waals surface area contributed by atoms with Gasteiger partial charge in [-0.05, 0) is 48.6 Å². The van der Waals surface area contributed by atoms with Gasteiger partial charge in [-0.1, -0.05) is 19.8 Å². The molecule has 2 aliphatic rings. The fraction of sp³-hybridized carbons (Fsp3) is 0.688. The third-order valence-corrected chi connectivity index (χ3v) is 5.55. The van der Waals surface area contributed by atoms with E-state index in [0.717, 1.165) is 32.2 Å². The van der Waals surface area contributed by atoms with Crippen LogP contribution < -0.4 is 5.73 Å². The summed E-state index contributed by atoms with van der Waals surface area (Å²) >= 11 is 1.84. The van der Waals surface area contributed by atoms with E-state index in [1.165, 1.54) is 23.3 Å². The molecule has 0 saturated heterocycles. The summed E-state index contributed by atoms with van der Waals surface area (Å²) in [5.41, 5.74) is 7.53. The van der Waals surface area contributed by atoms with Gasteiger partial charge in [-0.2, -0.15) is 0 Å². The molecule has 2 N–H and O–H groups in total. The van der Waals surface area contributed by atoms with E-state index in [1.807, 2.05) is 11.3 Å². The molecule has 4 heteroatoms. The normalized spacial score (nSPS) is 23.5. The van der Waals surface area contributed by atoms with E-state index >= 15 is 0 Å². The van der Waals surface area contributed by atoms with Crippen molar-refractivity contribution < 1.29 is 4.79 Å². The van der Waals surface area contributed by atoms with Crippen LogP contribution in [-0.2, 0) is 11.2 Å². The fourth-order valence-electron chi connectivity index (χ4n) is 3.27. The second-order valence-corrected chi connectivity index (χ2v) is 7.11. The lowest BCUT2D eigenvalue weighted by Gasteiger charge is -2.37. The van der Waals surface area contributed by atoms with Gasteiger partial charge in [0.2, 0.25) is 5.91 Å². The molecule has 2 unspecified atom stereocenters. The number of carbonyl (C=O) groups is 1. The average molecular weight is 292 g/mol. The molecule has 1 aliphatic carbocycles. The van der Waals surface area contributed by atoms with E-state index in [4.69, 9.17) is 5.73 Å². The van der Waals surface area contributed by atoms with Crippen LogP contribution in [0.1, 0.15) is 55.5 Å². The van der Waals surface area contributed by atoms with Crippen molar-refractivity contribution in [3.8, 4) is 0 Å². The van der Waals surface area contributed by atoms with Crippen molar-refractivity contribution >= 4 is 17.2 Å². The van der Waals surface area contributed by atoms with E-state index in [9.17, 15) is 4.79 Å². The van der Waals surface area contributed by atoms with Gasteiger partial charge in [-0.3, -0.25) is 4.79 Å². The Morgan fingerprint density at radius 2 is 2.35 bits per heavy atom. The van der Waals surface area contributed by atoms with Crippen LogP contribution in [0.4, 0.5) is 0 Å². The lowest BCUT2D eigenvalue weighted by molar-refractivity contribution is -0.136. The average Bonchev–Trinajstić information content (AvgIpc) is 3.19. The molecule has 1 aromatic heterocycles. The second-order valence-electron chi connectivity index (χ2n) is 6.11. The van der Waals surface area contributed by atoms with Crippen LogP contribution in [0, 0.1) is 5.92 Å². The van der Waals surface area contributed by atoms with Gasteiger partial charge in [0.05, 0.1) is 12.1 Å². The first kappa shape index (κ1) is 14.1. The maximum absolute atomic E-state index is 12.7. The van der Waals surface area contributed by atoms with E-state index < -0.39 is 0 Å². The van der Waals surface area contributed by atoms with Crippen LogP contribution in [0.3, 0.4) is 0 Å². The first-order chi connectivity index (χ1) is 9.72. The SMILES string of the molecule is CCCCC(N)C(=O)N1CCc2sccc2C1C1CC1. The molecule has 2 atom stereocenters. The van der Waals surface area contributed by atoms with Crippen molar-refractivity contribution in [1.29, 1.82) is 0 Å². The van der Waals surface area contributed by atoms with Gasteiger partial charge in [-0.15, -0.1) is 11.3 Å². The molecule has 1 aliphatic heterocycles. The molecule has 0 aromatic carbocycles. The standard InChI is InChI=1S/C16H24N2OS/c1-2-3-4-13(17)16(19)18-9-7-14-12(8-10-20-14)15(18)11-5-6-11/h8,10-11,13,15H,2-7,9,17H2,1H3. The minimum absolute atomic E-state index is 0.173. The molecule has 110 valence electrons. The summed E-state index contributed by atoms with van der Waals surface area (Å²) in [6.45, 7) is 3.00. The minimum Gasteiger partial charge on any atom is -0.334 e. The Hall–Kier alpha value is -0.870. The highest BCUT2D eigenvalue weighted by Gasteiger charge is 2.42. The number of fused-ring (bicyclic) bond motifs is 1. The van der Waals surface area contributed by atoms with Crippen molar-refractivity contribution in [2.24, 2.45) is 11.7 Å². The number of amides is 1. The molecule has 1 fully saturated rings. The van der Waals surface area contributed by atoms with Crippen LogP contribution >= 0.6 is 11.3 Å². The number of nitrogens with zero attached hydrogens (tertiary/aromatic N) is 1. The molecular formula is C16H24N2OS. The van der Waals surface area contributed by atoms with E-state index in [1.54, 1.807) is 0 Å². The summed E-state index contributed by atoms with van der Waals surface area (Å²) in [5.74, 6) is 0.846. The van der Waals surface area contributed by atoms with Gasteiger partial charge < -0.3 is 10.6 Å². The largest absolute Gasteiger partial charge is 0.334 e. The van der Waals surface area contributed by atoms with Crippen molar-refractivity contribution in [3.63, 3.8) is 0 Å². The number of nitrogens with two attached hydrogens (primary N) is 1. The van der Waals surface area contributed by atoms with Crippen LogP contribution in [0.5, 0.6) is 0 Å². The zero-order valence-corrected chi connectivity index (χ0v) is 13.0. The molecule has 1 saturated carbocycles. The Morgan fingerprint density at radius 1 is 1.55 bits per heavy atom. The third kappa shape index (κ3) is 2.63. The molecule has 3 nitrogen and oxygen atoms in total. The van der Waals surface area contributed by atoms with Gasteiger partial charge in [-0.25, -0.2) is 0 Å². The molecule has 1 aromatic rings. The Bertz CT molecular complexity index is 481. The second kappa shape index (κ2) is 5.86. The van der Waals surface area contributed by atoms with Crippen molar-refractivity contribution in [1.82, 2.24) is 4.90 Å². The van der Waals surface area contributed by atoms with Gasteiger partial charge >= 0.3 is 0 Å². The predicted octanol–water partition coefficient (Wildman–Crippen LogP) is 3.10. The number of unbranched alkanes of at least 4 members (excludes halogenated alkanes) is 1. The molecule has 0 radical (unpaired) electrons. The molecular weight excluding hydrogens is 268 g/mol. The first-order valence-electron chi connectivity index (χ1n) is 7.84. The highest BCUT2D eigenvalue weighted by atomic mass is 32.1. The van der Waals surface area contributed by atoms with Crippen LogP contribution in [0.15, 0.2) is 11.4 Å². The van der Waals surface area contributed by atoms with Gasteiger partial charge in [0.1, 0.15) is 0 Å². The van der Waals surface area contributed by atoms with E-state index in [0.29, 0.717) is 12.0 Å². The number of rotatable bonds is 5. The van der Waals surface area contributed by atoms with Crippen LogP contribution in [-0.4, -0.2) is 23.4 Å². The molecule has 20 heavy (non-hydrogen) atoms. The molecule has 3 rings (SSSR count). The Labute approximate surface area is 125 Å². The van der Waals surface area contributed by atoms with Crippen LogP contribution in [0.2, 0.25) is 0 Å². The third-order valence-electron chi connectivity index (χ3n) is 4.55. The molecule has 2 heterocycles. The van der Waals surface area contributed by atoms with E-state index in [2.05, 4.69) is 23.3 Å². The summed E-state index contributed by atoms with van der Waals surface area (Å²) in [6, 6.07) is 2.22. The lowest BCUT2D eigenvalue weighted by atomic mass is 9.94. The summed E-state index contributed by atoms with van der Waals surface area (Å²) in [5, 5.41) is 2.17. The molecule has 0 bridgehead atoms. The zero-order chi connectivity index (χ0) is 14.1. The predicted molar refractivity (Wildman–Crippen MR) is 82.7 cm³/mol. The number of carbonyl (C=O) groups excluding carboxylic acids is 1. The fourth-order valence-corrected chi connectivity index (χ4v) is 4.19. The Morgan fingerprint density at radius 3 is 3.05 bits per heavy atom. The number of thiophene rings is 1. The maximum Gasteiger partial charge on any atom is 0.240 e. The quantitative estimate of drug-likeness (QED) is 0.906. The summed E-state index contributed by atoms with van der Waals surface area (Å²) < 4.78 is 0.